The first-order chi connectivity index (χ1) is 16.5. The van der Waals surface area contributed by atoms with Gasteiger partial charge in [0, 0.05) is 28.9 Å². The fourth-order valence-corrected chi connectivity index (χ4v) is 3.91. The lowest BCUT2D eigenvalue weighted by Crippen LogP contribution is -2.15. The predicted octanol–water partition coefficient (Wildman–Crippen LogP) is 4.43. The second-order valence-corrected chi connectivity index (χ2v) is 8.22. The molecule has 9 nitrogen and oxygen atoms in total. The predicted molar refractivity (Wildman–Crippen MR) is 128 cm³/mol. The van der Waals surface area contributed by atoms with Crippen molar-refractivity contribution in [1.29, 1.82) is 0 Å². The lowest BCUT2D eigenvalue weighted by molar-refractivity contribution is 0.0526. The molecule has 0 aliphatic rings. The van der Waals surface area contributed by atoms with E-state index in [9.17, 15) is 9.59 Å². The Bertz CT molecular complexity index is 1280. The number of anilines is 1. The normalized spacial score (nSPS) is 10.6. The molecule has 4 aromatic rings. The largest absolute Gasteiger partial charge is 0.462 e. The van der Waals surface area contributed by atoms with Crippen LogP contribution >= 0.6 is 23.4 Å². The molecule has 0 spiro atoms. The minimum Gasteiger partial charge on any atom is -0.462 e. The number of amides is 1. The van der Waals surface area contributed by atoms with E-state index in [1.165, 1.54) is 11.8 Å². The average Bonchev–Trinajstić information content (AvgIpc) is 3.28. The van der Waals surface area contributed by atoms with Gasteiger partial charge in [-0.15, -0.1) is 5.10 Å². The van der Waals surface area contributed by atoms with Crippen LogP contribution in [0.25, 0.3) is 5.69 Å². The zero-order valence-electron chi connectivity index (χ0n) is 18.0. The molecule has 2 heterocycles. The lowest BCUT2D eigenvalue weighted by Gasteiger charge is -2.09. The number of aromatic nitrogens is 5. The summed E-state index contributed by atoms with van der Waals surface area (Å²) in [4.78, 5) is 33.4. The van der Waals surface area contributed by atoms with Gasteiger partial charge in [0.05, 0.1) is 23.6 Å². The van der Waals surface area contributed by atoms with Crippen LogP contribution in [0.2, 0.25) is 5.02 Å². The highest BCUT2D eigenvalue weighted by Gasteiger charge is 2.22. The van der Waals surface area contributed by atoms with Crippen LogP contribution in [-0.4, -0.2) is 43.4 Å². The van der Waals surface area contributed by atoms with Crippen molar-refractivity contribution < 1.29 is 14.3 Å². The SMILES string of the molecule is CCOC(=O)c1ccc(NC(=O)c2nnn(-c3ccc(Cl)cc3)c2CSc2ncccn2)cc1. The minimum atomic E-state index is -0.436. The third-order valence-corrected chi connectivity index (χ3v) is 5.72. The van der Waals surface area contributed by atoms with Gasteiger partial charge in [-0.1, -0.05) is 28.6 Å². The Kier molecular flexibility index (Phi) is 7.51. The maximum atomic E-state index is 13.1. The lowest BCUT2D eigenvalue weighted by atomic mass is 10.2. The van der Waals surface area contributed by atoms with Gasteiger partial charge in [0.25, 0.3) is 5.91 Å². The fourth-order valence-electron chi connectivity index (χ4n) is 2.98. The van der Waals surface area contributed by atoms with Gasteiger partial charge in [-0.2, -0.15) is 0 Å². The second-order valence-electron chi connectivity index (χ2n) is 6.84. The van der Waals surface area contributed by atoms with Crippen molar-refractivity contribution in [3.05, 3.63) is 89.0 Å². The van der Waals surface area contributed by atoms with Gasteiger partial charge >= 0.3 is 5.97 Å². The fraction of sp³-hybridized carbons (Fsp3) is 0.130. The number of thioether (sulfide) groups is 1. The van der Waals surface area contributed by atoms with Crippen LogP contribution in [0.5, 0.6) is 0 Å². The van der Waals surface area contributed by atoms with E-state index in [4.69, 9.17) is 16.3 Å². The van der Waals surface area contributed by atoms with Crippen LogP contribution in [0.15, 0.2) is 72.1 Å². The van der Waals surface area contributed by atoms with Crippen molar-refractivity contribution in [3.8, 4) is 5.69 Å². The molecule has 0 unspecified atom stereocenters. The Morgan fingerprint density at radius 3 is 2.44 bits per heavy atom. The molecule has 0 saturated carbocycles. The Balaban J connectivity index is 1.59. The van der Waals surface area contributed by atoms with Crippen molar-refractivity contribution in [1.82, 2.24) is 25.0 Å². The number of ether oxygens (including phenoxy) is 1. The molecule has 0 bridgehead atoms. The van der Waals surface area contributed by atoms with E-state index in [-0.39, 0.29) is 12.3 Å². The molecular weight excluding hydrogens is 476 g/mol. The molecule has 0 aliphatic heterocycles. The molecule has 4 rings (SSSR count). The summed E-state index contributed by atoms with van der Waals surface area (Å²) < 4.78 is 6.57. The number of halogens is 1. The first-order valence-electron chi connectivity index (χ1n) is 10.2. The first kappa shape index (κ1) is 23.4. The number of hydrogen-bond donors (Lipinski definition) is 1. The molecule has 1 amide bonds. The highest BCUT2D eigenvalue weighted by atomic mass is 35.5. The van der Waals surface area contributed by atoms with Crippen LogP contribution in [0.4, 0.5) is 5.69 Å². The summed E-state index contributed by atoms with van der Waals surface area (Å²) in [5.74, 6) is -0.508. The van der Waals surface area contributed by atoms with Gasteiger partial charge in [0.15, 0.2) is 10.9 Å². The van der Waals surface area contributed by atoms with Crippen molar-refractivity contribution >= 4 is 40.9 Å². The van der Waals surface area contributed by atoms with E-state index in [0.29, 0.717) is 38.6 Å². The summed E-state index contributed by atoms with van der Waals surface area (Å²) in [6.07, 6.45) is 3.30. The number of esters is 1. The number of rotatable bonds is 8. The summed E-state index contributed by atoms with van der Waals surface area (Å²) in [5.41, 5.74) is 2.34. The molecule has 1 N–H and O–H groups in total. The molecular formula is C23H19ClN6O3S. The number of carbonyl (C=O) groups is 2. The number of carbonyl (C=O) groups excluding carboxylic acids is 2. The number of benzene rings is 2. The second kappa shape index (κ2) is 10.9. The van der Waals surface area contributed by atoms with E-state index in [1.807, 2.05) is 0 Å². The third-order valence-electron chi connectivity index (χ3n) is 4.58. The number of hydrogen-bond acceptors (Lipinski definition) is 8. The Labute approximate surface area is 204 Å². The topological polar surface area (TPSA) is 112 Å². The van der Waals surface area contributed by atoms with E-state index >= 15 is 0 Å². The molecule has 0 saturated heterocycles. The minimum absolute atomic E-state index is 0.160. The smallest absolute Gasteiger partial charge is 0.338 e. The Morgan fingerprint density at radius 2 is 1.76 bits per heavy atom. The van der Waals surface area contributed by atoms with Crippen molar-refractivity contribution in [2.75, 3.05) is 11.9 Å². The monoisotopic (exact) mass is 494 g/mol. The van der Waals surface area contributed by atoms with Crippen LogP contribution in [-0.2, 0) is 10.5 Å². The van der Waals surface area contributed by atoms with E-state index in [2.05, 4.69) is 25.6 Å². The molecule has 2 aromatic carbocycles. The van der Waals surface area contributed by atoms with Crippen LogP contribution in [0.3, 0.4) is 0 Å². The van der Waals surface area contributed by atoms with Crippen molar-refractivity contribution in [3.63, 3.8) is 0 Å². The van der Waals surface area contributed by atoms with E-state index < -0.39 is 11.9 Å². The highest BCUT2D eigenvalue weighted by Crippen LogP contribution is 2.24. The summed E-state index contributed by atoms with van der Waals surface area (Å²) in [5, 5.41) is 12.3. The van der Waals surface area contributed by atoms with Crippen LogP contribution in [0.1, 0.15) is 33.5 Å². The number of nitrogens with one attached hydrogen (secondary N) is 1. The molecule has 11 heteroatoms. The van der Waals surface area contributed by atoms with Crippen molar-refractivity contribution in [2.24, 2.45) is 0 Å². The molecule has 172 valence electrons. The highest BCUT2D eigenvalue weighted by molar-refractivity contribution is 7.98. The quantitative estimate of drug-likeness (QED) is 0.217. The van der Waals surface area contributed by atoms with Gasteiger partial charge < -0.3 is 10.1 Å². The van der Waals surface area contributed by atoms with Crippen LogP contribution in [0, 0.1) is 0 Å². The van der Waals surface area contributed by atoms with Gasteiger partial charge in [-0.3, -0.25) is 4.79 Å². The van der Waals surface area contributed by atoms with Gasteiger partial charge in [0.1, 0.15) is 0 Å². The Morgan fingerprint density at radius 1 is 1.06 bits per heavy atom. The molecule has 0 radical (unpaired) electrons. The van der Waals surface area contributed by atoms with Crippen LogP contribution < -0.4 is 5.32 Å². The first-order valence-corrected chi connectivity index (χ1v) is 11.6. The summed E-state index contributed by atoms with van der Waals surface area (Å²) in [7, 11) is 0. The Hall–Kier alpha value is -3.76. The molecule has 2 aromatic heterocycles. The zero-order valence-corrected chi connectivity index (χ0v) is 19.6. The molecule has 34 heavy (non-hydrogen) atoms. The van der Waals surface area contributed by atoms with E-state index in [0.717, 1.165) is 0 Å². The molecule has 0 atom stereocenters. The average molecular weight is 495 g/mol. The number of nitrogens with zero attached hydrogens (tertiary/aromatic N) is 5. The summed E-state index contributed by atoms with van der Waals surface area (Å²) in [6, 6.07) is 15.2. The molecule has 0 fully saturated rings. The summed E-state index contributed by atoms with van der Waals surface area (Å²) >= 11 is 7.37. The maximum absolute atomic E-state index is 13.1. The van der Waals surface area contributed by atoms with E-state index in [1.54, 1.807) is 78.6 Å². The third kappa shape index (κ3) is 5.59. The molecule has 0 aliphatic carbocycles. The van der Waals surface area contributed by atoms with Gasteiger partial charge in [-0.25, -0.2) is 19.4 Å². The van der Waals surface area contributed by atoms with Gasteiger partial charge in [-0.05, 0) is 61.5 Å². The zero-order chi connectivity index (χ0) is 23.9. The maximum Gasteiger partial charge on any atom is 0.338 e. The van der Waals surface area contributed by atoms with Crippen molar-refractivity contribution in [2.45, 2.75) is 17.8 Å². The standard InChI is InChI=1S/C23H19ClN6O3S/c1-2-33-22(32)15-4-8-17(9-5-15)27-21(31)20-19(14-34-23-25-12-3-13-26-23)30(29-28-20)18-10-6-16(24)7-11-18/h3-13H,2,14H2,1H3,(H,27,31). The summed E-state index contributed by atoms with van der Waals surface area (Å²) in [6.45, 7) is 2.03. The van der Waals surface area contributed by atoms with Gasteiger partial charge in [0.2, 0.25) is 0 Å².